The average Bonchev–Trinajstić information content (AvgIpc) is 2.71. The molecule has 1 heterocycles. The van der Waals surface area contributed by atoms with Crippen molar-refractivity contribution in [1.29, 1.82) is 0 Å². The molecule has 1 fully saturated rings. The SMILES string of the molecule is CCC(CC)N1C(=O)CC(Nc2ccccc2C)C1=O. The van der Waals surface area contributed by atoms with E-state index in [4.69, 9.17) is 0 Å². The highest BCUT2D eigenvalue weighted by atomic mass is 16.2. The number of amides is 2. The van der Waals surface area contributed by atoms with Crippen LogP contribution in [0.15, 0.2) is 24.3 Å². The van der Waals surface area contributed by atoms with E-state index < -0.39 is 6.04 Å². The van der Waals surface area contributed by atoms with Gasteiger partial charge in [0, 0.05) is 11.7 Å². The predicted octanol–water partition coefficient (Wildman–Crippen LogP) is 2.72. The Morgan fingerprint density at radius 1 is 1.25 bits per heavy atom. The largest absolute Gasteiger partial charge is 0.373 e. The Morgan fingerprint density at radius 3 is 2.50 bits per heavy atom. The van der Waals surface area contributed by atoms with Gasteiger partial charge >= 0.3 is 0 Å². The second-order valence-electron chi connectivity index (χ2n) is 5.29. The zero-order chi connectivity index (χ0) is 14.7. The van der Waals surface area contributed by atoms with E-state index in [2.05, 4.69) is 5.32 Å². The quantitative estimate of drug-likeness (QED) is 0.840. The lowest BCUT2D eigenvalue weighted by atomic mass is 10.1. The first-order valence-corrected chi connectivity index (χ1v) is 7.26. The van der Waals surface area contributed by atoms with E-state index in [1.807, 2.05) is 45.0 Å². The van der Waals surface area contributed by atoms with Crippen LogP contribution in [0, 0.1) is 6.92 Å². The van der Waals surface area contributed by atoms with E-state index in [9.17, 15) is 9.59 Å². The van der Waals surface area contributed by atoms with Crippen LogP contribution in [0.3, 0.4) is 0 Å². The molecule has 1 aromatic carbocycles. The van der Waals surface area contributed by atoms with E-state index >= 15 is 0 Å². The molecule has 2 rings (SSSR count). The lowest BCUT2D eigenvalue weighted by Gasteiger charge is -2.24. The topological polar surface area (TPSA) is 49.4 Å². The number of imide groups is 1. The third-order valence-corrected chi connectivity index (χ3v) is 3.97. The molecule has 2 amide bonds. The summed E-state index contributed by atoms with van der Waals surface area (Å²) >= 11 is 0. The highest BCUT2D eigenvalue weighted by Crippen LogP contribution is 2.24. The first-order valence-electron chi connectivity index (χ1n) is 7.26. The molecule has 1 aliphatic rings. The Kier molecular flexibility index (Phi) is 4.42. The summed E-state index contributed by atoms with van der Waals surface area (Å²) in [4.78, 5) is 26.0. The maximum absolute atomic E-state index is 12.4. The molecule has 0 aliphatic carbocycles. The molecule has 1 unspecified atom stereocenters. The molecule has 1 saturated heterocycles. The number of benzene rings is 1. The minimum atomic E-state index is -0.427. The minimum Gasteiger partial charge on any atom is -0.373 e. The Hall–Kier alpha value is -1.84. The molecule has 4 nitrogen and oxygen atoms in total. The number of nitrogens with one attached hydrogen (secondary N) is 1. The van der Waals surface area contributed by atoms with Crippen molar-refractivity contribution in [2.24, 2.45) is 0 Å². The van der Waals surface area contributed by atoms with Crippen molar-refractivity contribution in [2.45, 2.75) is 52.1 Å². The Bertz CT molecular complexity index is 509. The fraction of sp³-hybridized carbons (Fsp3) is 0.500. The molecule has 0 radical (unpaired) electrons. The molecule has 4 heteroatoms. The Morgan fingerprint density at radius 2 is 1.90 bits per heavy atom. The van der Waals surface area contributed by atoms with Crippen molar-refractivity contribution in [3.05, 3.63) is 29.8 Å². The minimum absolute atomic E-state index is 0.0265. The lowest BCUT2D eigenvalue weighted by molar-refractivity contribution is -0.141. The number of aryl methyl sites for hydroxylation is 1. The van der Waals surface area contributed by atoms with Crippen LogP contribution in [0.2, 0.25) is 0 Å². The van der Waals surface area contributed by atoms with Gasteiger partial charge in [-0.25, -0.2) is 0 Å². The molecule has 1 atom stereocenters. The van der Waals surface area contributed by atoms with Crippen molar-refractivity contribution in [3.63, 3.8) is 0 Å². The summed E-state index contributed by atoms with van der Waals surface area (Å²) < 4.78 is 0. The van der Waals surface area contributed by atoms with Gasteiger partial charge in [0.2, 0.25) is 5.91 Å². The maximum Gasteiger partial charge on any atom is 0.252 e. The van der Waals surface area contributed by atoms with Crippen molar-refractivity contribution in [1.82, 2.24) is 4.90 Å². The molecule has 1 aromatic rings. The zero-order valence-electron chi connectivity index (χ0n) is 12.3. The van der Waals surface area contributed by atoms with Gasteiger partial charge in [0.1, 0.15) is 6.04 Å². The third kappa shape index (κ3) is 2.69. The molecule has 0 aromatic heterocycles. The van der Waals surface area contributed by atoms with Crippen LogP contribution in [0.25, 0.3) is 0 Å². The summed E-state index contributed by atoms with van der Waals surface area (Å²) in [7, 11) is 0. The fourth-order valence-corrected chi connectivity index (χ4v) is 2.72. The monoisotopic (exact) mass is 274 g/mol. The summed E-state index contributed by atoms with van der Waals surface area (Å²) in [5.74, 6) is -0.151. The molecule has 0 saturated carbocycles. The summed E-state index contributed by atoms with van der Waals surface area (Å²) in [5.41, 5.74) is 2.00. The summed E-state index contributed by atoms with van der Waals surface area (Å²) in [6.07, 6.45) is 1.87. The van der Waals surface area contributed by atoms with E-state index in [1.54, 1.807) is 0 Å². The van der Waals surface area contributed by atoms with Gasteiger partial charge in [-0.15, -0.1) is 0 Å². The number of hydrogen-bond acceptors (Lipinski definition) is 3. The number of para-hydroxylation sites is 1. The van der Waals surface area contributed by atoms with Crippen LogP contribution in [0.4, 0.5) is 5.69 Å². The number of nitrogens with zero attached hydrogens (tertiary/aromatic N) is 1. The van der Waals surface area contributed by atoms with Gasteiger partial charge in [0.25, 0.3) is 5.91 Å². The first kappa shape index (κ1) is 14.6. The van der Waals surface area contributed by atoms with E-state index in [0.717, 1.165) is 24.1 Å². The van der Waals surface area contributed by atoms with E-state index in [0.29, 0.717) is 0 Å². The average molecular weight is 274 g/mol. The Balaban J connectivity index is 2.14. The van der Waals surface area contributed by atoms with Gasteiger partial charge in [0.05, 0.1) is 6.42 Å². The van der Waals surface area contributed by atoms with Crippen LogP contribution < -0.4 is 5.32 Å². The molecule has 1 N–H and O–H groups in total. The summed E-state index contributed by atoms with van der Waals surface area (Å²) in [5, 5.41) is 3.21. The Labute approximate surface area is 120 Å². The standard InChI is InChI=1S/C16H22N2O2/c1-4-12(5-2)18-15(19)10-14(16(18)20)17-13-9-7-6-8-11(13)3/h6-9,12,14,17H,4-5,10H2,1-3H3. The van der Waals surface area contributed by atoms with Crippen molar-refractivity contribution >= 4 is 17.5 Å². The second kappa shape index (κ2) is 6.07. The smallest absolute Gasteiger partial charge is 0.252 e. The molecular weight excluding hydrogens is 252 g/mol. The summed E-state index contributed by atoms with van der Waals surface area (Å²) in [6, 6.07) is 7.41. The molecule has 0 bridgehead atoms. The van der Waals surface area contributed by atoms with Crippen LogP contribution in [-0.4, -0.2) is 28.8 Å². The van der Waals surface area contributed by atoms with Gasteiger partial charge in [-0.1, -0.05) is 32.0 Å². The van der Waals surface area contributed by atoms with Gasteiger partial charge < -0.3 is 5.32 Å². The van der Waals surface area contributed by atoms with Crippen molar-refractivity contribution < 1.29 is 9.59 Å². The van der Waals surface area contributed by atoms with Crippen molar-refractivity contribution in [3.8, 4) is 0 Å². The van der Waals surface area contributed by atoms with E-state index in [1.165, 1.54) is 4.90 Å². The molecule has 0 spiro atoms. The summed E-state index contributed by atoms with van der Waals surface area (Å²) in [6.45, 7) is 6.01. The number of hydrogen-bond donors (Lipinski definition) is 1. The first-order chi connectivity index (χ1) is 9.58. The number of carbonyl (C=O) groups is 2. The van der Waals surface area contributed by atoms with E-state index in [-0.39, 0.29) is 24.3 Å². The normalized spacial score (nSPS) is 19.0. The van der Waals surface area contributed by atoms with Crippen LogP contribution in [-0.2, 0) is 9.59 Å². The van der Waals surface area contributed by atoms with Gasteiger partial charge in [0.15, 0.2) is 0 Å². The maximum atomic E-state index is 12.4. The third-order valence-electron chi connectivity index (χ3n) is 3.97. The van der Waals surface area contributed by atoms with Crippen LogP contribution in [0.5, 0.6) is 0 Å². The van der Waals surface area contributed by atoms with Crippen LogP contribution in [0.1, 0.15) is 38.7 Å². The van der Waals surface area contributed by atoms with Crippen molar-refractivity contribution in [2.75, 3.05) is 5.32 Å². The number of carbonyl (C=O) groups excluding carboxylic acids is 2. The van der Waals surface area contributed by atoms with Gasteiger partial charge in [-0.2, -0.15) is 0 Å². The molecular formula is C16H22N2O2. The number of anilines is 1. The molecule has 108 valence electrons. The lowest BCUT2D eigenvalue weighted by Crippen LogP contribution is -2.41. The number of rotatable bonds is 5. The highest BCUT2D eigenvalue weighted by Gasteiger charge is 2.41. The predicted molar refractivity (Wildman–Crippen MR) is 79.4 cm³/mol. The molecule has 1 aliphatic heterocycles. The van der Waals surface area contributed by atoms with Gasteiger partial charge in [-0.05, 0) is 31.4 Å². The second-order valence-corrected chi connectivity index (χ2v) is 5.29. The van der Waals surface area contributed by atoms with Crippen LogP contribution >= 0.6 is 0 Å². The highest BCUT2D eigenvalue weighted by molar-refractivity contribution is 6.07. The fourth-order valence-electron chi connectivity index (χ4n) is 2.72. The zero-order valence-corrected chi connectivity index (χ0v) is 12.3. The molecule has 20 heavy (non-hydrogen) atoms. The van der Waals surface area contributed by atoms with Gasteiger partial charge in [-0.3, -0.25) is 14.5 Å². The number of likely N-dealkylation sites (tertiary alicyclic amines) is 1.